The molecule has 1 aliphatic rings. The maximum Gasteiger partial charge on any atom is 0.347 e. The molecule has 0 aromatic heterocycles. The van der Waals surface area contributed by atoms with Crippen LogP contribution in [0.4, 0.5) is 0 Å². The van der Waals surface area contributed by atoms with E-state index in [-0.39, 0.29) is 13.2 Å². The molecule has 0 saturated carbocycles. The third-order valence-electron chi connectivity index (χ3n) is 4.93. The topological polar surface area (TPSA) is 89.5 Å². The molecule has 172 valence electrons. The molecule has 1 saturated heterocycles. The largest absolute Gasteiger partial charge is 0.497 e. The number of esters is 2. The maximum atomic E-state index is 12.7. The molecule has 0 radical (unpaired) electrons. The van der Waals surface area contributed by atoms with Gasteiger partial charge in [0.05, 0.1) is 14.2 Å². The van der Waals surface area contributed by atoms with Gasteiger partial charge in [-0.1, -0.05) is 24.3 Å². The van der Waals surface area contributed by atoms with Gasteiger partial charge >= 0.3 is 11.9 Å². The Morgan fingerprint density at radius 1 is 0.844 bits per heavy atom. The zero-order chi connectivity index (χ0) is 22.8. The van der Waals surface area contributed by atoms with Crippen LogP contribution in [0.25, 0.3) is 0 Å². The molecular weight excluding hydrogens is 416 g/mol. The fourth-order valence-electron chi connectivity index (χ4n) is 3.08. The minimum atomic E-state index is -1.53. The summed E-state index contributed by atoms with van der Waals surface area (Å²) in [5.74, 6) is -0.264. The fourth-order valence-corrected chi connectivity index (χ4v) is 3.08. The van der Waals surface area contributed by atoms with Crippen LogP contribution in [-0.4, -0.2) is 45.2 Å². The Morgan fingerprint density at radius 2 is 1.34 bits per heavy atom. The number of carbonyl (C=O) groups excluding carboxylic acids is 2. The Kier molecular flexibility index (Phi) is 8.89. The van der Waals surface area contributed by atoms with Crippen LogP contribution in [0.5, 0.6) is 11.5 Å². The zero-order valence-corrected chi connectivity index (χ0v) is 18.3. The number of ether oxygens (including phenoxy) is 6. The van der Waals surface area contributed by atoms with E-state index in [1.165, 1.54) is 0 Å². The molecule has 2 aromatic rings. The van der Waals surface area contributed by atoms with E-state index >= 15 is 0 Å². The van der Waals surface area contributed by atoms with Gasteiger partial charge in [-0.05, 0) is 54.7 Å². The highest BCUT2D eigenvalue weighted by Crippen LogP contribution is 2.19. The third-order valence-corrected chi connectivity index (χ3v) is 4.93. The lowest BCUT2D eigenvalue weighted by atomic mass is 10.2. The molecule has 1 aliphatic heterocycles. The van der Waals surface area contributed by atoms with Crippen molar-refractivity contribution < 1.29 is 38.0 Å². The van der Waals surface area contributed by atoms with Crippen LogP contribution in [0.3, 0.4) is 0 Å². The van der Waals surface area contributed by atoms with Crippen LogP contribution in [-0.2, 0) is 41.8 Å². The van der Waals surface area contributed by atoms with Gasteiger partial charge in [0.25, 0.3) is 6.10 Å². The quantitative estimate of drug-likeness (QED) is 0.407. The first kappa shape index (κ1) is 23.6. The summed E-state index contributed by atoms with van der Waals surface area (Å²) in [7, 11) is 3.14. The van der Waals surface area contributed by atoms with Crippen LogP contribution < -0.4 is 9.47 Å². The predicted molar refractivity (Wildman–Crippen MR) is 114 cm³/mol. The SMILES string of the molecule is COc1ccc(COC(=O)C(OC2CCCCO2)C(=O)OCc2ccc(OC)cc2)cc1. The Hall–Kier alpha value is -3.10. The molecule has 8 nitrogen and oxygen atoms in total. The number of benzene rings is 2. The molecule has 1 unspecified atom stereocenters. The standard InChI is InChI=1S/C24H28O8/c1-27-19-10-6-17(7-11-19)15-30-23(25)22(32-21-5-3-4-14-29-21)24(26)31-16-18-8-12-20(28-2)13-9-18/h6-13,21-22H,3-5,14-16H2,1-2H3. The lowest BCUT2D eigenvalue weighted by Crippen LogP contribution is -2.40. The second-order valence-electron chi connectivity index (χ2n) is 7.22. The maximum absolute atomic E-state index is 12.7. The highest BCUT2D eigenvalue weighted by molar-refractivity contribution is 5.98. The monoisotopic (exact) mass is 444 g/mol. The van der Waals surface area contributed by atoms with Crippen molar-refractivity contribution in [1.29, 1.82) is 0 Å². The molecule has 1 heterocycles. The van der Waals surface area contributed by atoms with Crippen LogP contribution >= 0.6 is 0 Å². The molecule has 32 heavy (non-hydrogen) atoms. The molecule has 1 fully saturated rings. The Labute approximate surface area is 187 Å². The average molecular weight is 444 g/mol. The second kappa shape index (κ2) is 12.1. The number of methoxy groups -OCH3 is 2. The lowest BCUT2D eigenvalue weighted by Gasteiger charge is -2.26. The minimum absolute atomic E-state index is 0.0139. The summed E-state index contributed by atoms with van der Waals surface area (Å²) >= 11 is 0. The molecule has 0 amide bonds. The summed E-state index contributed by atoms with van der Waals surface area (Å²) in [5.41, 5.74) is 1.50. The van der Waals surface area contributed by atoms with Crippen molar-refractivity contribution in [2.45, 2.75) is 44.9 Å². The van der Waals surface area contributed by atoms with Crippen LogP contribution in [0, 0.1) is 0 Å². The van der Waals surface area contributed by atoms with Crippen molar-refractivity contribution in [2.75, 3.05) is 20.8 Å². The Balaban J connectivity index is 1.60. The van der Waals surface area contributed by atoms with Crippen LogP contribution in [0.1, 0.15) is 30.4 Å². The second-order valence-corrected chi connectivity index (χ2v) is 7.22. The number of rotatable bonds is 10. The van der Waals surface area contributed by atoms with Crippen molar-refractivity contribution in [3.8, 4) is 11.5 Å². The highest BCUT2D eigenvalue weighted by Gasteiger charge is 2.34. The van der Waals surface area contributed by atoms with Gasteiger partial charge in [0, 0.05) is 6.61 Å². The number of hydrogen-bond acceptors (Lipinski definition) is 8. The predicted octanol–water partition coefficient (Wildman–Crippen LogP) is 3.40. The Morgan fingerprint density at radius 3 is 1.75 bits per heavy atom. The molecular formula is C24H28O8. The van der Waals surface area contributed by atoms with Gasteiger partial charge in [0.2, 0.25) is 0 Å². The lowest BCUT2D eigenvalue weighted by molar-refractivity contribution is -0.214. The molecule has 0 aliphatic carbocycles. The van der Waals surface area contributed by atoms with Crippen molar-refractivity contribution in [1.82, 2.24) is 0 Å². The van der Waals surface area contributed by atoms with E-state index in [4.69, 9.17) is 28.4 Å². The van der Waals surface area contributed by atoms with Crippen molar-refractivity contribution >= 4 is 11.9 Å². The van der Waals surface area contributed by atoms with Crippen LogP contribution in [0.2, 0.25) is 0 Å². The number of hydrogen-bond donors (Lipinski definition) is 0. The molecule has 0 bridgehead atoms. The van der Waals surface area contributed by atoms with E-state index in [1.807, 2.05) is 0 Å². The third kappa shape index (κ3) is 6.96. The molecule has 0 spiro atoms. The van der Waals surface area contributed by atoms with E-state index in [1.54, 1.807) is 62.8 Å². The van der Waals surface area contributed by atoms with Crippen molar-refractivity contribution in [2.24, 2.45) is 0 Å². The molecule has 1 atom stereocenters. The van der Waals surface area contributed by atoms with Gasteiger partial charge in [-0.15, -0.1) is 0 Å². The highest BCUT2D eigenvalue weighted by atomic mass is 16.7. The van der Waals surface area contributed by atoms with E-state index < -0.39 is 24.3 Å². The van der Waals surface area contributed by atoms with Gasteiger partial charge in [-0.3, -0.25) is 0 Å². The zero-order valence-electron chi connectivity index (χ0n) is 18.3. The molecule has 2 aromatic carbocycles. The fraction of sp³-hybridized carbons (Fsp3) is 0.417. The van der Waals surface area contributed by atoms with E-state index in [0.717, 1.165) is 24.0 Å². The summed E-state index contributed by atoms with van der Waals surface area (Å²) in [6, 6.07) is 14.1. The molecule has 8 heteroatoms. The first-order valence-corrected chi connectivity index (χ1v) is 10.4. The van der Waals surface area contributed by atoms with Crippen molar-refractivity contribution in [3.63, 3.8) is 0 Å². The summed E-state index contributed by atoms with van der Waals surface area (Å²) < 4.78 is 32.1. The first-order chi connectivity index (χ1) is 15.6. The van der Waals surface area contributed by atoms with Gasteiger partial charge < -0.3 is 28.4 Å². The Bertz CT molecular complexity index is 793. The molecule has 3 rings (SSSR count). The van der Waals surface area contributed by atoms with E-state index in [2.05, 4.69) is 0 Å². The van der Waals surface area contributed by atoms with Gasteiger partial charge in [-0.2, -0.15) is 0 Å². The van der Waals surface area contributed by atoms with Gasteiger partial charge in [0.1, 0.15) is 24.7 Å². The first-order valence-electron chi connectivity index (χ1n) is 10.4. The summed E-state index contributed by atoms with van der Waals surface area (Å²) in [5, 5.41) is 0. The summed E-state index contributed by atoms with van der Waals surface area (Å²) in [4.78, 5) is 25.4. The normalized spacial score (nSPS) is 15.8. The summed E-state index contributed by atoms with van der Waals surface area (Å²) in [6.07, 6.45) is 0.201. The van der Waals surface area contributed by atoms with Gasteiger partial charge in [-0.25, -0.2) is 9.59 Å². The average Bonchev–Trinajstić information content (AvgIpc) is 2.85. The minimum Gasteiger partial charge on any atom is -0.497 e. The van der Waals surface area contributed by atoms with Crippen molar-refractivity contribution in [3.05, 3.63) is 59.7 Å². The van der Waals surface area contributed by atoms with Crippen LogP contribution in [0.15, 0.2) is 48.5 Å². The van der Waals surface area contributed by atoms with E-state index in [9.17, 15) is 9.59 Å². The molecule has 0 N–H and O–H groups in total. The summed E-state index contributed by atoms with van der Waals surface area (Å²) in [6.45, 7) is 0.485. The smallest absolute Gasteiger partial charge is 0.347 e. The van der Waals surface area contributed by atoms with E-state index in [0.29, 0.717) is 24.5 Å². The van der Waals surface area contributed by atoms with Gasteiger partial charge in [0.15, 0.2) is 6.29 Å². The number of carbonyl (C=O) groups is 2.